The molecule has 0 bridgehead atoms. The highest BCUT2D eigenvalue weighted by Gasteiger charge is 2.58. The van der Waals surface area contributed by atoms with Gasteiger partial charge in [0.15, 0.2) is 0 Å². The third-order valence-corrected chi connectivity index (χ3v) is 6.48. The minimum Gasteiger partial charge on any atom is -0.480 e. The molecule has 0 spiro atoms. The predicted molar refractivity (Wildman–Crippen MR) is 55.2 cm³/mol. The minimum atomic E-state index is -5.22. The van der Waals surface area contributed by atoms with Gasteiger partial charge in [0.2, 0.25) is 0 Å². The van der Waals surface area contributed by atoms with E-state index in [1.807, 2.05) is 0 Å². The molecule has 9 nitrogen and oxygen atoms in total. The maximum atomic E-state index is 10.2. The fourth-order valence-electron chi connectivity index (χ4n) is 0.170. The molecule has 16 heavy (non-hydrogen) atoms. The zero-order valence-corrected chi connectivity index (χ0v) is 10.7. The van der Waals surface area contributed by atoms with Crippen LogP contribution in [0.25, 0.3) is 0 Å². The number of carboxylic acids is 1. The average molecular weight is 320 g/mol. The van der Waals surface area contributed by atoms with Crippen LogP contribution in [0.2, 0.25) is 0 Å². The van der Waals surface area contributed by atoms with E-state index < -0.39 is 25.0 Å². The Kier molecular flexibility index (Phi) is 7.35. The second kappa shape index (κ2) is 6.30. The van der Waals surface area contributed by atoms with Gasteiger partial charge in [0.25, 0.3) is 0 Å². The van der Waals surface area contributed by atoms with Crippen molar-refractivity contribution in [2.24, 2.45) is 5.73 Å². The molecule has 0 aliphatic carbocycles. The molecule has 0 radical (unpaired) electrons. The molecule has 13 heteroatoms. The Hall–Kier alpha value is 0.310. The van der Waals surface area contributed by atoms with Crippen molar-refractivity contribution in [1.29, 1.82) is 0 Å². The molecule has 7 N–H and O–H groups in total. The van der Waals surface area contributed by atoms with Crippen LogP contribution in [0.5, 0.6) is 0 Å². The van der Waals surface area contributed by atoms with E-state index in [9.17, 15) is 13.9 Å². The monoisotopic (exact) mass is 319 g/mol. The number of hydrogen-bond donors (Lipinski definition) is 6. The number of rotatable bonds is 3. The molecule has 0 amide bonds. The van der Waals surface area contributed by atoms with E-state index in [1.54, 1.807) is 0 Å². The van der Waals surface area contributed by atoms with Gasteiger partial charge in [0.1, 0.15) is 0 Å². The normalized spacial score (nSPS) is 12.7. The molecule has 0 aromatic carbocycles. The molecule has 98 valence electrons. The van der Waals surface area contributed by atoms with E-state index in [0.29, 0.717) is 0 Å². The number of halogens is 2. The molecule has 0 unspecified atom stereocenters. The Labute approximate surface area is 99.5 Å². The zero-order valence-electron chi connectivity index (χ0n) is 7.40. The molecule has 0 saturated heterocycles. The third-order valence-electron chi connectivity index (χ3n) is 0.876. The van der Waals surface area contributed by atoms with Crippen molar-refractivity contribution in [2.75, 3.05) is 6.54 Å². The molecule has 0 aromatic heterocycles. The summed E-state index contributed by atoms with van der Waals surface area (Å²) in [7, 11) is -10.4. The van der Waals surface area contributed by atoms with Crippen molar-refractivity contribution in [1.82, 2.24) is 0 Å². The fraction of sp³-hybridized carbons (Fsp3) is 0.667. The molecule has 0 saturated carbocycles. The van der Waals surface area contributed by atoms with Crippen molar-refractivity contribution < 1.29 is 38.6 Å². The summed E-state index contributed by atoms with van der Waals surface area (Å²) in [5, 5.41) is 7.60. The van der Waals surface area contributed by atoms with Crippen LogP contribution in [0.15, 0.2) is 0 Å². The summed E-state index contributed by atoms with van der Waals surface area (Å²) in [5.74, 6) is -0.968. The highest BCUT2D eigenvalue weighted by molar-refractivity contribution is 7.78. The van der Waals surface area contributed by atoms with Crippen LogP contribution >= 0.6 is 38.4 Å². The van der Waals surface area contributed by atoms with Crippen molar-refractivity contribution in [3.05, 3.63) is 0 Å². The van der Waals surface area contributed by atoms with Crippen LogP contribution in [0.3, 0.4) is 0 Å². The minimum absolute atomic E-state index is 0.278. The van der Waals surface area contributed by atoms with Gasteiger partial charge in [-0.15, -0.1) is 0 Å². The van der Waals surface area contributed by atoms with Crippen LogP contribution in [-0.2, 0) is 13.9 Å². The average Bonchev–Trinajstić information content (AvgIpc) is 2.01. The standard InChI is InChI=1S/C2H5NO2.CH4Cl2O6P2/c3-1-2(4)5;2-1(3,10(4,5)6)11(7,8)9/h1,3H2,(H,4,5);(H2,4,5,6)(H2,7,8,9). The largest absolute Gasteiger partial charge is 0.480 e. The molecule has 0 rings (SSSR count). The van der Waals surface area contributed by atoms with Gasteiger partial charge in [-0.25, -0.2) is 0 Å². The second-order valence-corrected chi connectivity index (χ2v) is 8.45. The fourth-order valence-corrected chi connectivity index (χ4v) is 1.53. The first-order chi connectivity index (χ1) is 6.77. The first-order valence-corrected chi connectivity index (χ1v) is 7.16. The quantitative estimate of drug-likeness (QED) is 0.294. The van der Waals surface area contributed by atoms with Gasteiger partial charge in [-0.3, -0.25) is 13.9 Å². The van der Waals surface area contributed by atoms with E-state index >= 15 is 0 Å². The van der Waals surface area contributed by atoms with E-state index in [2.05, 4.69) is 5.73 Å². The van der Waals surface area contributed by atoms with E-state index in [0.717, 1.165) is 0 Å². The Morgan fingerprint density at radius 2 is 1.31 bits per heavy atom. The summed E-state index contributed by atoms with van der Waals surface area (Å²) >= 11 is 9.46. The first kappa shape index (κ1) is 18.7. The number of carboxylic acid groups (broad SMARTS) is 1. The highest BCUT2D eigenvalue weighted by Crippen LogP contribution is 2.73. The first-order valence-electron chi connectivity index (χ1n) is 3.18. The molecular weight excluding hydrogens is 311 g/mol. The molecule has 0 aliphatic rings. The summed E-state index contributed by atoms with van der Waals surface area (Å²) in [5.41, 5.74) is 4.57. The molecule has 0 heterocycles. The summed E-state index contributed by atoms with van der Waals surface area (Å²) < 4.78 is 17.1. The second-order valence-electron chi connectivity index (χ2n) is 2.20. The summed E-state index contributed by atoms with van der Waals surface area (Å²) in [4.78, 5) is 42.2. The zero-order chi connectivity index (χ0) is 13.8. The van der Waals surface area contributed by atoms with Crippen LogP contribution in [0, 0.1) is 0 Å². The lowest BCUT2D eigenvalue weighted by molar-refractivity contribution is -0.135. The molecule has 0 atom stereocenters. The van der Waals surface area contributed by atoms with Gasteiger partial charge in [0.05, 0.1) is 6.54 Å². The summed E-state index contributed by atoms with van der Waals surface area (Å²) in [6, 6.07) is 0. The Morgan fingerprint density at radius 3 is 1.31 bits per heavy atom. The summed E-state index contributed by atoms with van der Waals surface area (Å²) in [6.45, 7) is -0.278. The van der Waals surface area contributed by atoms with E-state index in [1.165, 1.54) is 0 Å². The van der Waals surface area contributed by atoms with Gasteiger partial charge < -0.3 is 30.4 Å². The lowest BCUT2D eigenvalue weighted by Gasteiger charge is -2.20. The van der Waals surface area contributed by atoms with Crippen LogP contribution < -0.4 is 5.73 Å². The van der Waals surface area contributed by atoms with Gasteiger partial charge in [-0.2, -0.15) is 0 Å². The van der Waals surface area contributed by atoms with Crippen molar-refractivity contribution in [3.63, 3.8) is 0 Å². The Bertz CT molecular complexity index is 308. The van der Waals surface area contributed by atoms with Gasteiger partial charge in [-0.05, 0) is 0 Å². The van der Waals surface area contributed by atoms with E-state index in [-0.39, 0.29) is 6.54 Å². The summed E-state index contributed by atoms with van der Waals surface area (Å²) in [6.07, 6.45) is 0. The molecule has 0 aromatic rings. The molecular formula is C3H9Cl2NO8P2. The topological polar surface area (TPSA) is 178 Å². The Balaban J connectivity index is 0. The lowest BCUT2D eigenvalue weighted by Crippen LogP contribution is -2.13. The third kappa shape index (κ3) is 6.15. The van der Waals surface area contributed by atoms with Gasteiger partial charge in [0, 0.05) is 0 Å². The van der Waals surface area contributed by atoms with Crippen molar-refractivity contribution in [3.8, 4) is 0 Å². The van der Waals surface area contributed by atoms with Crippen LogP contribution in [-0.4, -0.2) is 41.0 Å². The van der Waals surface area contributed by atoms with Gasteiger partial charge in [-0.1, -0.05) is 23.2 Å². The van der Waals surface area contributed by atoms with Crippen LogP contribution in [0.4, 0.5) is 0 Å². The lowest BCUT2D eigenvalue weighted by atomic mass is 10.7. The molecule has 0 fully saturated rings. The highest BCUT2D eigenvalue weighted by atomic mass is 35.5. The number of carbonyl (C=O) groups is 1. The van der Waals surface area contributed by atoms with Crippen molar-refractivity contribution in [2.45, 2.75) is 3.82 Å². The maximum absolute atomic E-state index is 10.2. The smallest absolute Gasteiger partial charge is 0.373 e. The Morgan fingerprint density at radius 1 is 1.12 bits per heavy atom. The van der Waals surface area contributed by atoms with E-state index in [4.69, 9.17) is 47.9 Å². The number of hydrogen-bond acceptors (Lipinski definition) is 4. The van der Waals surface area contributed by atoms with Crippen molar-refractivity contribution >= 4 is 44.4 Å². The van der Waals surface area contributed by atoms with Crippen LogP contribution in [0.1, 0.15) is 0 Å². The number of aliphatic carboxylic acids is 1. The number of nitrogens with two attached hydrogens (primary N) is 1. The predicted octanol–water partition coefficient (Wildman–Crippen LogP) is -0.540. The maximum Gasteiger partial charge on any atom is 0.373 e. The van der Waals surface area contributed by atoms with Gasteiger partial charge >= 0.3 is 25.0 Å². The number of alkyl halides is 2. The molecule has 0 aliphatic heterocycles. The SMILES string of the molecule is NCC(=O)O.O=P(O)(O)C(Cl)(Cl)P(=O)(O)O.